The van der Waals surface area contributed by atoms with E-state index in [1.54, 1.807) is 18.3 Å². The van der Waals surface area contributed by atoms with Gasteiger partial charge in [0.1, 0.15) is 6.54 Å². The molecule has 0 aliphatic rings. The van der Waals surface area contributed by atoms with Crippen molar-refractivity contribution in [2.24, 2.45) is 5.10 Å². The fourth-order valence-electron chi connectivity index (χ4n) is 3.96. The molecule has 6 nitrogen and oxygen atoms in total. The Morgan fingerprint density at radius 2 is 1.47 bits per heavy atom. The van der Waals surface area contributed by atoms with E-state index >= 15 is 0 Å². The molecule has 0 fully saturated rings. The van der Waals surface area contributed by atoms with Gasteiger partial charge in [-0.3, -0.25) is 9.59 Å². The average molecular weight is 427 g/mol. The molecule has 1 aromatic heterocycles. The van der Waals surface area contributed by atoms with E-state index in [-0.39, 0.29) is 17.9 Å². The normalized spacial score (nSPS) is 11.3. The topological polar surface area (TPSA) is 66.7 Å². The van der Waals surface area contributed by atoms with Crippen LogP contribution in [0.15, 0.2) is 82.7 Å². The molecule has 0 aliphatic heterocycles. The third-order valence-corrected chi connectivity index (χ3v) is 5.61. The van der Waals surface area contributed by atoms with Gasteiger partial charge in [0.2, 0.25) is 0 Å². The Morgan fingerprint density at radius 3 is 2.03 bits per heavy atom. The number of pyridine rings is 1. The number of benzene rings is 3. The van der Waals surface area contributed by atoms with Gasteiger partial charge in [0.25, 0.3) is 5.91 Å². The van der Waals surface area contributed by atoms with Crippen molar-refractivity contribution in [2.45, 2.75) is 20.4 Å². The van der Waals surface area contributed by atoms with Gasteiger partial charge in [-0.05, 0) is 55.8 Å². The van der Waals surface area contributed by atoms with Crippen molar-refractivity contribution in [3.8, 4) is 0 Å². The van der Waals surface area contributed by atoms with Crippen molar-refractivity contribution in [1.82, 2.24) is 9.99 Å². The maximum absolute atomic E-state index is 12.8. The number of hydrazone groups is 1. The van der Waals surface area contributed by atoms with Gasteiger partial charge in [-0.25, -0.2) is 5.43 Å². The molecule has 1 N–H and O–H groups in total. The number of fused-ring (bicyclic) bond motifs is 2. The van der Waals surface area contributed by atoms with Crippen LogP contribution in [-0.2, 0) is 11.3 Å². The minimum atomic E-state index is -0.264. The number of aromatic nitrogens is 1. The van der Waals surface area contributed by atoms with Gasteiger partial charge in [-0.1, -0.05) is 36.4 Å². The summed E-state index contributed by atoms with van der Waals surface area (Å²) < 4.78 is 1.86. The summed E-state index contributed by atoms with van der Waals surface area (Å²) in [5.41, 5.74) is 6.09. The molecular formula is C26H26N4O2. The maximum Gasteiger partial charge on any atom is 0.260 e. The molecule has 0 radical (unpaired) electrons. The molecular weight excluding hydrogens is 400 g/mol. The highest BCUT2D eigenvalue weighted by Gasteiger charge is 2.12. The Morgan fingerprint density at radius 1 is 0.906 bits per heavy atom. The molecule has 3 aromatic carbocycles. The predicted molar refractivity (Wildman–Crippen MR) is 131 cm³/mol. The Balaban J connectivity index is 1.53. The van der Waals surface area contributed by atoms with E-state index in [9.17, 15) is 9.59 Å². The number of carbonyl (C=O) groups excluding carboxylic acids is 1. The zero-order chi connectivity index (χ0) is 22.5. The summed E-state index contributed by atoms with van der Waals surface area (Å²) in [7, 11) is 0. The Bertz CT molecular complexity index is 1280. The smallest absolute Gasteiger partial charge is 0.260 e. The van der Waals surface area contributed by atoms with E-state index < -0.39 is 0 Å². The van der Waals surface area contributed by atoms with Crippen LogP contribution in [0, 0.1) is 0 Å². The minimum absolute atomic E-state index is 0.0287. The number of carbonyl (C=O) groups is 1. The predicted octanol–water partition coefficient (Wildman–Crippen LogP) is 4.15. The first-order valence-electron chi connectivity index (χ1n) is 10.8. The summed E-state index contributed by atoms with van der Waals surface area (Å²) in [6.45, 7) is 6.22. The second-order valence-corrected chi connectivity index (χ2v) is 7.51. The molecule has 0 saturated heterocycles. The third kappa shape index (κ3) is 4.25. The van der Waals surface area contributed by atoms with Gasteiger partial charge in [0, 0.05) is 29.5 Å². The number of hydrogen-bond acceptors (Lipinski definition) is 4. The summed E-state index contributed by atoms with van der Waals surface area (Å²) in [6.07, 6.45) is 1.63. The zero-order valence-electron chi connectivity index (χ0n) is 18.3. The van der Waals surface area contributed by atoms with Crippen molar-refractivity contribution in [3.05, 3.63) is 88.6 Å². The van der Waals surface area contributed by atoms with E-state index in [4.69, 9.17) is 0 Å². The van der Waals surface area contributed by atoms with Crippen LogP contribution >= 0.6 is 0 Å². The van der Waals surface area contributed by atoms with Gasteiger partial charge in [0.15, 0.2) is 5.43 Å². The number of para-hydroxylation sites is 2. The van der Waals surface area contributed by atoms with Crippen molar-refractivity contribution in [1.29, 1.82) is 0 Å². The first kappa shape index (κ1) is 21.3. The molecule has 1 amide bonds. The molecule has 4 rings (SSSR count). The quantitative estimate of drug-likeness (QED) is 0.274. The van der Waals surface area contributed by atoms with Crippen molar-refractivity contribution < 1.29 is 4.79 Å². The van der Waals surface area contributed by atoms with E-state index in [1.165, 1.54) is 0 Å². The lowest BCUT2D eigenvalue weighted by molar-refractivity contribution is -0.121. The summed E-state index contributed by atoms with van der Waals surface area (Å²) in [5, 5.41) is 5.30. The van der Waals surface area contributed by atoms with Gasteiger partial charge >= 0.3 is 0 Å². The number of hydrogen-bond donors (Lipinski definition) is 1. The van der Waals surface area contributed by atoms with Gasteiger partial charge < -0.3 is 9.47 Å². The van der Waals surface area contributed by atoms with Crippen LogP contribution in [0.3, 0.4) is 0 Å². The Hall–Kier alpha value is -3.93. The summed E-state index contributed by atoms with van der Waals surface area (Å²) in [5.74, 6) is -0.264. The lowest BCUT2D eigenvalue weighted by Crippen LogP contribution is -2.25. The van der Waals surface area contributed by atoms with E-state index in [0.29, 0.717) is 10.8 Å². The second kappa shape index (κ2) is 9.47. The molecule has 1 heterocycles. The van der Waals surface area contributed by atoms with Crippen molar-refractivity contribution >= 4 is 39.6 Å². The van der Waals surface area contributed by atoms with Gasteiger partial charge in [0.05, 0.1) is 17.2 Å². The molecule has 6 heteroatoms. The standard InChI is InChI=1S/C26H26N4O2/c1-3-29(4-2)20-15-13-19(14-16-20)17-27-28-25(31)18-30-23-11-7-5-9-21(23)26(32)22-10-6-8-12-24(22)30/h5-17H,3-4,18H2,1-2H3,(H,28,31)/b27-17-. The van der Waals surface area contributed by atoms with Crippen LogP contribution in [0.5, 0.6) is 0 Å². The minimum Gasteiger partial charge on any atom is -0.372 e. The molecule has 0 saturated carbocycles. The van der Waals surface area contributed by atoms with E-state index in [1.807, 2.05) is 53.1 Å². The fraction of sp³-hybridized carbons (Fsp3) is 0.192. The number of rotatable bonds is 7. The second-order valence-electron chi connectivity index (χ2n) is 7.51. The first-order chi connectivity index (χ1) is 15.6. The molecule has 0 spiro atoms. The Kier molecular flexibility index (Phi) is 6.31. The number of nitrogens with zero attached hydrogens (tertiary/aromatic N) is 3. The molecule has 32 heavy (non-hydrogen) atoms. The highest BCUT2D eigenvalue weighted by Crippen LogP contribution is 2.19. The van der Waals surface area contributed by atoms with Crippen LogP contribution in [-0.4, -0.2) is 29.8 Å². The molecule has 4 aromatic rings. The number of amides is 1. The third-order valence-electron chi connectivity index (χ3n) is 5.61. The van der Waals surface area contributed by atoms with Crippen molar-refractivity contribution in [2.75, 3.05) is 18.0 Å². The van der Waals surface area contributed by atoms with Gasteiger partial charge in [-0.15, -0.1) is 0 Å². The highest BCUT2D eigenvalue weighted by molar-refractivity contribution is 5.95. The summed E-state index contributed by atoms with van der Waals surface area (Å²) in [6, 6.07) is 22.8. The number of nitrogens with one attached hydrogen (secondary N) is 1. The van der Waals surface area contributed by atoms with Crippen LogP contribution in [0.4, 0.5) is 5.69 Å². The Labute approximate surface area is 186 Å². The molecule has 0 unspecified atom stereocenters. The summed E-state index contributed by atoms with van der Waals surface area (Å²) >= 11 is 0. The van der Waals surface area contributed by atoms with Crippen LogP contribution < -0.4 is 15.8 Å². The SMILES string of the molecule is CCN(CC)c1ccc(/C=N\NC(=O)Cn2c3ccccc3c(=O)c3ccccc32)cc1. The molecule has 162 valence electrons. The molecule has 0 bridgehead atoms. The van der Waals surface area contributed by atoms with Gasteiger partial charge in [-0.2, -0.15) is 5.10 Å². The van der Waals surface area contributed by atoms with Crippen LogP contribution in [0.2, 0.25) is 0 Å². The molecule has 0 atom stereocenters. The number of anilines is 1. The first-order valence-corrected chi connectivity index (χ1v) is 10.8. The maximum atomic E-state index is 12.8. The lowest BCUT2D eigenvalue weighted by atomic mass is 10.1. The van der Waals surface area contributed by atoms with Crippen LogP contribution in [0.1, 0.15) is 19.4 Å². The zero-order valence-corrected chi connectivity index (χ0v) is 18.3. The molecule has 0 aliphatic carbocycles. The van der Waals surface area contributed by atoms with E-state index in [2.05, 4.69) is 41.4 Å². The average Bonchev–Trinajstić information content (AvgIpc) is 2.83. The lowest BCUT2D eigenvalue weighted by Gasteiger charge is -2.20. The van der Waals surface area contributed by atoms with E-state index in [0.717, 1.165) is 35.4 Å². The van der Waals surface area contributed by atoms with Crippen LogP contribution in [0.25, 0.3) is 21.8 Å². The largest absolute Gasteiger partial charge is 0.372 e. The highest BCUT2D eigenvalue weighted by atomic mass is 16.2. The fourth-order valence-corrected chi connectivity index (χ4v) is 3.96. The summed E-state index contributed by atoms with van der Waals surface area (Å²) in [4.78, 5) is 27.8. The monoisotopic (exact) mass is 426 g/mol. The van der Waals surface area contributed by atoms with Crippen molar-refractivity contribution in [3.63, 3.8) is 0 Å².